The van der Waals surface area contributed by atoms with E-state index in [4.69, 9.17) is 0 Å². The first-order valence-corrected chi connectivity index (χ1v) is 10.9. The Bertz CT molecular complexity index is 964. The second-order valence-corrected chi connectivity index (χ2v) is 8.73. The Balaban J connectivity index is 1.43. The van der Waals surface area contributed by atoms with Gasteiger partial charge in [0.25, 0.3) is 5.56 Å². The molecule has 0 spiro atoms. The number of hydrogen-bond donors (Lipinski definition) is 1. The number of H-pyrrole nitrogens is 1. The molecule has 2 aliphatic rings. The van der Waals surface area contributed by atoms with Crippen molar-refractivity contribution in [2.45, 2.75) is 51.9 Å². The van der Waals surface area contributed by atoms with Crippen molar-refractivity contribution in [2.24, 2.45) is 0 Å². The van der Waals surface area contributed by atoms with Gasteiger partial charge in [-0.25, -0.2) is 4.98 Å². The van der Waals surface area contributed by atoms with E-state index in [1.165, 1.54) is 16.9 Å². The fourth-order valence-corrected chi connectivity index (χ4v) is 5.47. The van der Waals surface area contributed by atoms with Crippen molar-refractivity contribution in [1.29, 1.82) is 0 Å². The summed E-state index contributed by atoms with van der Waals surface area (Å²) in [6, 6.07) is 0. The highest BCUT2D eigenvalue weighted by atomic mass is 32.1. The third-order valence-corrected chi connectivity index (χ3v) is 6.93. The molecule has 2 amide bonds. The number of nitrogens with one attached hydrogen (secondary N) is 1. The standard InChI is InChI=1S/C20H26N4O3S/c1-13(25)23-9-4-10-24(12-11-23)17(26)8-7-16-21-19(27)18-14-5-2-3-6-15(14)28-20(18)22-16/h2-12H2,1H3,(H,21,22,27). The number of carbonyl (C=O) groups is 2. The fourth-order valence-electron chi connectivity index (χ4n) is 4.19. The molecule has 2 aromatic rings. The summed E-state index contributed by atoms with van der Waals surface area (Å²) in [5.74, 6) is 0.700. The van der Waals surface area contributed by atoms with Gasteiger partial charge in [0.15, 0.2) is 0 Å². The topological polar surface area (TPSA) is 86.4 Å². The molecule has 0 aromatic carbocycles. The van der Waals surface area contributed by atoms with Crippen molar-refractivity contribution < 1.29 is 9.59 Å². The van der Waals surface area contributed by atoms with E-state index < -0.39 is 0 Å². The smallest absolute Gasteiger partial charge is 0.259 e. The number of hydrogen-bond acceptors (Lipinski definition) is 5. The molecule has 1 aliphatic heterocycles. The molecule has 8 heteroatoms. The number of nitrogens with zero attached hydrogens (tertiary/aromatic N) is 3. The normalized spacial score (nSPS) is 17.5. The van der Waals surface area contributed by atoms with Crippen LogP contribution in [-0.2, 0) is 28.9 Å². The quantitative estimate of drug-likeness (QED) is 0.849. The minimum Gasteiger partial charge on any atom is -0.341 e. The molecule has 0 saturated carbocycles. The van der Waals surface area contributed by atoms with Gasteiger partial charge in [0.05, 0.1) is 5.39 Å². The van der Waals surface area contributed by atoms with Gasteiger partial charge >= 0.3 is 0 Å². The van der Waals surface area contributed by atoms with Crippen LogP contribution in [0.4, 0.5) is 0 Å². The number of aromatic nitrogens is 2. The van der Waals surface area contributed by atoms with E-state index >= 15 is 0 Å². The molecule has 0 atom stereocenters. The zero-order chi connectivity index (χ0) is 19.7. The van der Waals surface area contributed by atoms with Crippen LogP contribution in [0.2, 0.25) is 0 Å². The van der Waals surface area contributed by atoms with Gasteiger partial charge in [-0.1, -0.05) is 0 Å². The van der Waals surface area contributed by atoms with Crippen LogP contribution in [0.5, 0.6) is 0 Å². The molecule has 0 bridgehead atoms. The summed E-state index contributed by atoms with van der Waals surface area (Å²) in [5, 5.41) is 0.756. The summed E-state index contributed by atoms with van der Waals surface area (Å²) in [5.41, 5.74) is 1.11. The number of thiophene rings is 1. The minimum absolute atomic E-state index is 0.0543. The van der Waals surface area contributed by atoms with Crippen molar-refractivity contribution >= 4 is 33.4 Å². The van der Waals surface area contributed by atoms with E-state index in [0.29, 0.717) is 44.8 Å². The second kappa shape index (κ2) is 8.03. The molecular formula is C20H26N4O3S. The average molecular weight is 403 g/mol. The van der Waals surface area contributed by atoms with Gasteiger partial charge in [-0.3, -0.25) is 14.4 Å². The first-order valence-electron chi connectivity index (χ1n) is 10.1. The van der Waals surface area contributed by atoms with Gasteiger partial charge in [-0.2, -0.15) is 0 Å². The second-order valence-electron chi connectivity index (χ2n) is 7.64. The van der Waals surface area contributed by atoms with Crippen molar-refractivity contribution in [3.05, 3.63) is 26.6 Å². The number of fused-ring (bicyclic) bond motifs is 3. The van der Waals surface area contributed by atoms with E-state index in [2.05, 4.69) is 9.97 Å². The molecule has 0 unspecified atom stereocenters. The van der Waals surface area contributed by atoms with Crippen molar-refractivity contribution in [3.8, 4) is 0 Å². The van der Waals surface area contributed by atoms with Crippen LogP contribution in [0, 0.1) is 0 Å². The van der Waals surface area contributed by atoms with E-state index in [-0.39, 0.29) is 17.4 Å². The Morgan fingerprint density at radius 3 is 2.64 bits per heavy atom. The molecular weight excluding hydrogens is 376 g/mol. The fraction of sp³-hybridized carbons (Fsp3) is 0.600. The summed E-state index contributed by atoms with van der Waals surface area (Å²) in [6.07, 6.45) is 5.85. The molecule has 3 heterocycles. The van der Waals surface area contributed by atoms with Gasteiger partial charge in [0.1, 0.15) is 10.7 Å². The maximum Gasteiger partial charge on any atom is 0.259 e. The monoisotopic (exact) mass is 402 g/mol. The van der Waals surface area contributed by atoms with E-state index in [1.54, 1.807) is 23.2 Å². The van der Waals surface area contributed by atoms with E-state index in [9.17, 15) is 14.4 Å². The lowest BCUT2D eigenvalue weighted by molar-refractivity contribution is -0.132. The predicted octanol–water partition coefficient (Wildman–Crippen LogP) is 1.88. The minimum atomic E-state index is -0.0706. The van der Waals surface area contributed by atoms with Gasteiger partial charge in [-0.05, 0) is 37.7 Å². The van der Waals surface area contributed by atoms with Crippen LogP contribution in [0.1, 0.15) is 48.9 Å². The molecule has 1 N–H and O–H groups in total. The molecule has 1 fully saturated rings. The van der Waals surface area contributed by atoms with Crippen LogP contribution in [0.25, 0.3) is 10.2 Å². The van der Waals surface area contributed by atoms with Gasteiger partial charge in [0.2, 0.25) is 11.8 Å². The Morgan fingerprint density at radius 1 is 1.07 bits per heavy atom. The lowest BCUT2D eigenvalue weighted by atomic mass is 9.97. The highest BCUT2D eigenvalue weighted by Crippen LogP contribution is 2.33. The number of rotatable bonds is 3. The summed E-state index contributed by atoms with van der Waals surface area (Å²) < 4.78 is 0. The number of amides is 2. The third-order valence-electron chi connectivity index (χ3n) is 5.74. The Hall–Kier alpha value is -2.22. The van der Waals surface area contributed by atoms with Crippen LogP contribution in [-0.4, -0.2) is 57.8 Å². The molecule has 150 valence electrons. The molecule has 2 aromatic heterocycles. The van der Waals surface area contributed by atoms with Crippen LogP contribution in [0.3, 0.4) is 0 Å². The molecule has 4 rings (SSSR count). The van der Waals surface area contributed by atoms with Gasteiger partial charge in [-0.15, -0.1) is 11.3 Å². The van der Waals surface area contributed by atoms with E-state index in [1.807, 2.05) is 4.90 Å². The average Bonchev–Trinajstić information content (AvgIpc) is 2.87. The summed E-state index contributed by atoms with van der Waals surface area (Å²) in [6.45, 7) is 4.09. The zero-order valence-electron chi connectivity index (χ0n) is 16.3. The predicted molar refractivity (Wildman–Crippen MR) is 109 cm³/mol. The molecule has 28 heavy (non-hydrogen) atoms. The number of aromatic amines is 1. The number of carbonyl (C=O) groups excluding carboxylic acids is 2. The highest BCUT2D eigenvalue weighted by Gasteiger charge is 2.22. The van der Waals surface area contributed by atoms with Crippen molar-refractivity contribution in [1.82, 2.24) is 19.8 Å². The SMILES string of the molecule is CC(=O)N1CCCN(C(=O)CCc2nc3sc4c(c3c(=O)[nH]2)CCCC4)CC1. The van der Waals surface area contributed by atoms with Gasteiger partial charge in [0, 0.05) is 50.8 Å². The van der Waals surface area contributed by atoms with E-state index in [0.717, 1.165) is 35.9 Å². The molecule has 1 aliphatic carbocycles. The maximum absolute atomic E-state index is 12.6. The largest absolute Gasteiger partial charge is 0.341 e. The Labute approximate surface area is 167 Å². The van der Waals surface area contributed by atoms with Crippen molar-refractivity contribution in [3.63, 3.8) is 0 Å². The summed E-state index contributed by atoms with van der Waals surface area (Å²) in [4.78, 5) is 50.0. The Kier molecular flexibility index (Phi) is 5.48. The number of aryl methyl sites for hydroxylation is 3. The van der Waals surface area contributed by atoms with Crippen LogP contribution >= 0.6 is 11.3 Å². The lowest BCUT2D eigenvalue weighted by Crippen LogP contribution is -2.36. The maximum atomic E-state index is 12.6. The highest BCUT2D eigenvalue weighted by molar-refractivity contribution is 7.18. The first-order chi connectivity index (χ1) is 13.5. The summed E-state index contributed by atoms with van der Waals surface area (Å²) in [7, 11) is 0. The Morgan fingerprint density at radius 2 is 1.82 bits per heavy atom. The van der Waals surface area contributed by atoms with Crippen molar-refractivity contribution in [2.75, 3.05) is 26.2 Å². The lowest BCUT2D eigenvalue weighted by Gasteiger charge is -2.21. The molecule has 7 nitrogen and oxygen atoms in total. The van der Waals surface area contributed by atoms with Crippen LogP contribution in [0.15, 0.2) is 4.79 Å². The molecule has 1 saturated heterocycles. The summed E-state index contributed by atoms with van der Waals surface area (Å²) >= 11 is 1.63. The molecule has 0 radical (unpaired) electrons. The van der Waals surface area contributed by atoms with Gasteiger partial charge < -0.3 is 14.8 Å². The third kappa shape index (κ3) is 3.83. The van der Waals surface area contributed by atoms with Crippen LogP contribution < -0.4 is 5.56 Å². The first kappa shape index (κ1) is 19.1. The zero-order valence-corrected chi connectivity index (χ0v) is 17.1.